The van der Waals surface area contributed by atoms with Gasteiger partial charge in [-0.25, -0.2) is 4.98 Å². The summed E-state index contributed by atoms with van der Waals surface area (Å²) in [5.41, 5.74) is 0.998. The molecule has 0 fully saturated rings. The average Bonchev–Trinajstić information content (AvgIpc) is 1.87. The van der Waals surface area contributed by atoms with Crippen LogP contribution in [0.5, 0.6) is 0 Å². The first-order valence-corrected chi connectivity index (χ1v) is 2.20. The SMILES string of the molecule is Cc1[c]nc(C)[nH]1. The minimum atomic E-state index is 0.928. The van der Waals surface area contributed by atoms with Crippen molar-refractivity contribution in [3.05, 3.63) is 17.7 Å². The molecule has 0 spiro atoms. The molecule has 0 aromatic carbocycles. The van der Waals surface area contributed by atoms with E-state index in [1.165, 1.54) is 0 Å². The molecule has 0 saturated heterocycles. The number of aromatic amines is 1. The molecule has 7 heavy (non-hydrogen) atoms. The maximum Gasteiger partial charge on any atom is 0.112 e. The van der Waals surface area contributed by atoms with E-state index in [4.69, 9.17) is 0 Å². The fourth-order valence-electron chi connectivity index (χ4n) is 0.495. The third-order valence-electron chi connectivity index (χ3n) is 0.760. The highest BCUT2D eigenvalue weighted by Crippen LogP contribution is 1.88. The van der Waals surface area contributed by atoms with Crippen molar-refractivity contribution in [3.8, 4) is 0 Å². The first-order valence-electron chi connectivity index (χ1n) is 2.20. The molecule has 0 aliphatic carbocycles. The summed E-state index contributed by atoms with van der Waals surface area (Å²) in [5.74, 6) is 0.928. The number of hydrogen-bond donors (Lipinski definition) is 1. The molecule has 1 rings (SSSR count). The molecule has 0 amide bonds. The van der Waals surface area contributed by atoms with Crippen molar-refractivity contribution in [1.82, 2.24) is 9.97 Å². The van der Waals surface area contributed by atoms with Gasteiger partial charge in [-0.3, -0.25) is 0 Å². The Hall–Kier alpha value is -0.790. The quantitative estimate of drug-likeness (QED) is 0.508. The Labute approximate surface area is 42.6 Å². The Morgan fingerprint density at radius 3 is 2.43 bits per heavy atom. The summed E-state index contributed by atoms with van der Waals surface area (Å²) in [4.78, 5) is 6.81. The molecular formula is C5H7N2. The zero-order valence-corrected chi connectivity index (χ0v) is 4.45. The fraction of sp³-hybridized carbons (Fsp3) is 0.400. The first-order chi connectivity index (χ1) is 3.29. The second-order valence-corrected chi connectivity index (χ2v) is 1.56. The van der Waals surface area contributed by atoms with Crippen molar-refractivity contribution in [2.45, 2.75) is 13.8 Å². The van der Waals surface area contributed by atoms with Crippen LogP contribution in [0.4, 0.5) is 0 Å². The molecule has 0 saturated carbocycles. The zero-order chi connectivity index (χ0) is 5.28. The van der Waals surface area contributed by atoms with E-state index >= 15 is 0 Å². The molecule has 1 aromatic heterocycles. The standard InChI is InChI=1S/C5H7N2/c1-4-3-6-5(2)7-4/h1-2H3,(H,6,7). The van der Waals surface area contributed by atoms with Crippen LogP contribution < -0.4 is 0 Å². The lowest BCUT2D eigenvalue weighted by Crippen LogP contribution is -1.70. The summed E-state index contributed by atoms with van der Waals surface area (Å²) in [6.07, 6.45) is 2.76. The van der Waals surface area contributed by atoms with Crippen LogP contribution in [-0.4, -0.2) is 9.97 Å². The maximum absolute atomic E-state index is 3.84. The Kier molecular flexibility index (Phi) is 0.855. The van der Waals surface area contributed by atoms with Crippen molar-refractivity contribution in [2.24, 2.45) is 0 Å². The molecule has 1 heterocycles. The predicted octanol–water partition coefficient (Wildman–Crippen LogP) is 0.827. The van der Waals surface area contributed by atoms with Crippen molar-refractivity contribution in [1.29, 1.82) is 0 Å². The molecule has 0 bridgehead atoms. The predicted molar refractivity (Wildman–Crippen MR) is 26.9 cm³/mol. The highest BCUT2D eigenvalue weighted by molar-refractivity contribution is 4.93. The number of hydrogen-bond acceptors (Lipinski definition) is 1. The second kappa shape index (κ2) is 1.37. The number of aromatic nitrogens is 2. The van der Waals surface area contributed by atoms with E-state index in [0.717, 1.165) is 11.5 Å². The summed E-state index contributed by atoms with van der Waals surface area (Å²) < 4.78 is 0. The molecule has 0 aliphatic heterocycles. The molecule has 37 valence electrons. The smallest absolute Gasteiger partial charge is 0.112 e. The van der Waals surface area contributed by atoms with E-state index in [1.54, 1.807) is 0 Å². The number of imidazole rings is 1. The highest BCUT2D eigenvalue weighted by atomic mass is 14.9. The Morgan fingerprint density at radius 1 is 1.57 bits per heavy atom. The maximum atomic E-state index is 3.84. The van der Waals surface area contributed by atoms with Crippen LogP contribution in [0.2, 0.25) is 0 Å². The van der Waals surface area contributed by atoms with Crippen molar-refractivity contribution < 1.29 is 0 Å². The second-order valence-electron chi connectivity index (χ2n) is 1.56. The van der Waals surface area contributed by atoms with Gasteiger partial charge in [-0.1, -0.05) is 0 Å². The molecule has 0 unspecified atom stereocenters. The summed E-state index contributed by atoms with van der Waals surface area (Å²) in [5, 5.41) is 0. The highest BCUT2D eigenvalue weighted by Gasteiger charge is 1.84. The van der Waals surface area contributed by atoms with Gasteiger partial charge in [0.05, 0.1) is 0 Å². The van der Waals surface area contributed by atoms with Gasteiger partial charge in [-0.05, 0) is 13.8 Å². The molecule has 0 atom stereocenters. The topological polar surface area (TPSA) is 28.7 Å². The molecule has 1 aromatic rings. The fourth-order valence-corrected chi connectivity index (χ4v) is 0.495. The normalized spacial score (nSPS) is 9.43. The van der Waals surface area contributed by atoms with Crippen LogP contribution in [-0.2, 0) is 0 Å². The largest absolute Gasteiger partial charge is 0.346 e. The summed E-state index contributed by atoms with van der Waals surface area (Å²) in [6, 6.07) is 0. The van der Waals surface area contributed by atoms with Gasteiger partial charge in [-0.15, -0.1) is 0 Å². The number of aryl methyl sites for hydroxylation is 2. The number of nitrogens with zero attached hydrogens (tertiary/aromatic N) is 1. The Morgan fingerprint density at radius 2 is 2.29 bits per heavy atom. The molecular weight excluding hydrogens is 88.1 g/mol. The van der Waals surface area contributed by atoms with Gasteiger partial charge < -0.3 is 4.98 Å². The van der Waals surface area contributed by atoms with Crippen molar-refractivity contribution in [2.75, 3.05) is 0 Å². The van der Waals surface area contributed by atoms with Crippen LogP contribution in [0.15, 0.2) is 0 Å². The van der Waals surface area contributed by atoms with Crippen LogP contribution in [0.1, 0.15) is 11.5 Å². The van der Waals surface area contributed by atoms with E-state index in [-0.39, 0.29) is 0 Å². The lowest BCUT2D eigenvalue weighted by Gasteiger charge is -1.74. The van der Waals surface area contributed by atoms with Crippen LogP contribution in [0.25, 0.3) is 0 Å². The van der Waals surface area contributed by atoms with Gasteiger partial charge in [0, 0.05) is 5.69 Å². The molecule has 1 N–H and O–H groups in total. The van der Waals surface area contributed by atoms with Crippen LogP contribution in [0.3, 0.4) is 0 Å². The third-order valence-corrected chi connectivity index (χ3v) is 0.760. The Balaban J connectivity index is 3.04. The molecule has 1 radical (unpaired) electrons. The van der Waals surface area contributed by atoms with Crippen LogP contribution in [0, 0.1) is 20.0 Å². The van der Waals surface area contributed by atoms with Gasteiger partial charge in [0.2, 0.25) is 0 Å². The van der Waals surface area contributed by atoms with E-state index in [1.807, 2.05) is 13.8 Å². The monoisotopic (exact) mass is 95.1 g/mol. The van der Waals surface area contributed by atoms with E-state index < -0.39 is 0 Å². The van der Waals surface area contributed by atoms with Gasteiger partial charge in [0.1, 0.15) is 12.0 Å². The van der Waals surface area contributed by atoms with E-state index in [2.05, 4.69) is 16.2 Å². The van der Waals surface area contributed by atoms with Crippen molar-refractivity contribution >= 4 is 0 Å². The van der Waals surface area contributed by atoms with Crippen molar-refractivity contribution in [3.63, 3.8) is 0 Å². The van der Waals surface area contributed by atoms with Gasteiger partial charge >= 0.3 is 0 Å². The van der Waals surface area contributed by atoms with Crippen LogP contribution >= 0.6 is 0 Å². The summed E-state index contributed by atoms with van der Waals surface area (Å²) in [6.45, 7) is 3.84. The summed E-state index contributed by atoms with van der Waals surface area (Å²) in [7, 11) is 0. The summed E-state index contributed by atoms with van der Waals surface area (Å²) >= 11 is 0. The zero-order valence-electron chi connectivity index (χ0n) is 4.45. The van der Waals surface area contributed by atoms with Gasteiger partial charge in [-0.2, -0.15) is 0 Å². The van der Waals surface area contributed by atoms with Gasteiger partial charge in [0.25, 0.3) is 0 Å². The molecule has 2 nitrogen and oxygen atoms in total. The average molecular weight is 95.1 g/mol. The number of H-pyrrole nitrogens is 1. The lowest BCUT2D eigenvalue weighted by molar-refractivity contribution is 1.13. The minimum absolute atomic E-state index is 0.928. The first kappa shape index (κ1) is 4.37. The minimum Gasteiger partial charge on any atom is -0.346 e. The van der Waals surface area contributed by atoms with E-state index in [0.29, 0.717) is 0 Å². The number of rotatable bonds is 0. The molecule has 0 aliphatic rings. The number of nitrogens with one attached hydrogen (secondary N) is 1. The van der Waals surface area contributed by atoms with E-state index in [9.17, 15) is 0 Å². The third kappa shape index (κ3) is 0.796. The molecule has 2 heteroatoms. The van der Waals surface area contributed by atoms with Gasteiger partial charge in [0.15, 0.2) is 0 Å². The lowest BCUT2D eigenvalue weighted by atomic mass is 10.6. The Bertz CT molecular complexity index is 138.